The highest BCUT2D eigenvalue weighted by Gasteiger charge is 2.44. The highest BCUT2D eigenvalue weighted by atomic mass is 19.3. The van der Waals surface area contributed by atoms with Crippen LogP contribution in [-0.4, -0.2) is 83.7 Å². The number of hydrogen-bond donors (Lipinski definition) is 3. The van der Waals surface area contributed by atoms with Crippen molar-refractivity contribution in [3.05, 3.63) is 59.2 Å². The molecule has 4 amide bonds. The fourth-order valence-corrected chi connectivity index (χ4v) is 5.93. The van der Waals surface area contributed by atoms with Crippen LogP contribution in [0.2, 0.25) is 0 Å². The van der Waals surface area contributed by atoms with E-state index in [4.69, 9.17) is 0 Å². The standard InChI is InChI=1S/C33H43F3N6O4/c1-4-28(43)38-27(31(45)42-14-12-41(3)13-15-42)18-22-10-11-26(25(34)17-22)39-30(44)29(23-8-6-5-7-9-23)40-32(46)33(35,36)24-16-21(2)19-37-20-24/h10-11,16-17,19-20,23,27,29H,4-9,12-15,18H2,1-3H3,(H,38,43)(H,39,44)(H,40,46). The third-order valence-electron chi connectivity index (χ3n) is 8.71. The summed E-state index contributed by atoms with van der Waals surface area (Å²) in [5, 5.41) is 7.48. The van der Waals surface area contributed by atoms with Gasteiger partial charge in [0.1, 0.15) is 17.9 Å². The van der Waals surface area contributed by atoms with Gasteiger partial charge in [0.05, 0.1) is 5.69 Å². The number of alkyl halides is 2. The van der Waals surface area contributed by atoms with E-state index in [0.29, 0.717) is 50.1 Å². The quantitative estimate of drug-likeness (QED) is 0.344. The Bertz CT molecular complexity index is 1410. The molecular formula is C33H43F3N6O4. The smallest absolute Gasteiger partial charge is 0.344 e. The molecule has 10 nitrogen and oxygen atoms in total. The number of carbonyl (C=O) groups is 4. The zero-order valence-corrected chi connectivity index (χ0v) is 26.6. The fraction of sp³-hybridized carbons (Fsp3) is 0.545. The molecule has 2 aliphatic rings. The number of piperazine rings is 1. The number of nitrogens with one attached hydrogen (secondary N) is 3. The molecule has 2 fully saturated rings. The highest BCUT2D eigenvalue weighted by Crippen LogP contribution is 2.31. The summed E-state index contributed by atoms with van der Waals surface area (Å²) in [5.41, 5.74) is 0.0862. The van der Waals surface area contributed by atoms with E-state index in [0.717, 1.165) is 31.5 Å². The lowest BCUT2D eigenvalue weighted by atomic mass is 9.83. The number of aryl methyl sites for hydroxylation is 1. The molecule has 0 radical (unpaired) electrons. The second-order valence-electron chi connectivity index (χ2n) is 12.3. The summed E-state index contributed by atoms with van der Waals surface area (Å²) in [6.45, 7) is 5.68. The first kappa shape index (κ1) is 34.9. The molecule has 1 aromatic heterocycles. The minimum absolute atomic E-state index is 0.0334. The van der Waals surface area contributed by atoms with Crippen LogP contribution in [-0.2, 0) is 31.5 Å². The molecule has 1 saturated heterocycles. The lowest BCUT2D eigenvalue weighted by Crippen LogP contribution is -2.54. The summed E-state index contributed by atoms with van der Waals surface area (Å²) in [7, 11) is 1.96. The van der Waals surface area contributed by atoms with Crippen molar-refractivity contribution in [1.82, 2.24) is 25.4 Å². The second-order valence-corrected chi connectivity index (χ2v) is 12.3. The van der Waals surface area contributed by atoms with E-state index in [-0.39, 0.29) is 30.3 Å². The Labute approximate surface area is 267 Å². The predicted octanol–water partition coefficient (Wildman–Crippen LogP) is 3.54. The van der Waals surface area contributed by atoms with Crippen molar-refractivity contribution in [2.24, 2.45) is 5.92 Å². The number of carbonyl (C=O) groups excluding carboxylic acids is 4. The Morgan fingerprint density at radius 3 is 2.33 bits per heavy atom. The number of pyridine rings is 1. The monoisotopic (exact) mass is 644 g/mol. The molecular weight excluding hydrogens is 601 g/mol. The van der Waals surface area contributed by atoms with Crippen LogP contribution in [0.4, 0.5) is 18.9 Å². The maximum absolute atomic E-state index is 15.4. The van der Waals surface area contributed by atoms with Crippen LogP contribution in [0.3, 0.4) is 0 Å². The zero-order valence-electron chi connectivity index (χ0n) is 26.6. The number of anilines is 1. The second kappa shape index (κ2) is 15.5. The molecule has 1 aromatic carbocycles. The topological polar surface area (TPSA) is 124 Å². The summed E-state index contributed by atoms with van der Waals surface area (Å²) in [6, 6.07) is 2.99. The van der Waals surface area contributed by atoms with Gasteiger partial charge in [0.25, 0.3) is 5.91 Å². The van der Waals surface area contributed by atoms with Crippen LogP contribution in [0.15, 0.2) is 36.7 Å². The van der Waals surface area contributed by atoms with Crippen molar-refractivity contribution < 1.29 is 32.3 Å². The Hall–Kier alpha value is -4.00. The summed E-state index contributed by atoms with van der Waals surface area (Å²) >= 11 is 0. The summed E-state index contributed by atoms with van der Waals surface area (Å²) in [4.78, 5) is 59.4. The number of amides is 4. The first-order valence-electron chi connectivity index (χ1n) is 15.9. The van der Waals surface area contributed by atoms with Gasteiger partial charge < -0.3 is 25.8 Å². The number of rotatable bonds is 11. The first-order valence-corrected chi connectivity index (χ1v) is 15.9. The third kappa shape index (κ3) is 8.83. The Balaban J connectivity index is 1.49. The van der Waals surface area contributed by atoms with Crippen LogP contribution in [0.25, 0.3) is 0 Å². The van der Waals surface area contributed by atoms with Crippen LogP contribution in [0.5, 0.6) is 0 Å². The van der Waals surface area contributed by atoms with Gasteiger partial charge in [0.2, 0.25) is 17.7 Å². The van der Waals surface area contributed by atoms with E-state index in [1.165, 1.54) is 24.4 Å². The minimum atomic E-state index is -3.94. The number of nitrogens with zero attached hydrogens (tertiary/aromatic N) is 3. The minimum Gasteiger partial charge on any atom is -0.344 e. The molecule has 4 rings (SSSR count). The van der Waals surface area contributed by atoms with Gasteiger partial charge >= 0.3 is 5.92 Å². The van der Waals surface area contributed by atoms with Crippen LogP contribution < -0.4 is 16.0 Å². The predicted molar refractivity (Wildman–Crippen MR) is 166 cm³/mol. The Morgan fingerprint density at radius 1 is 1.00 bits per heavy atom. The van der Waals surface area contributed by atoms with E-state index in [9.17, 15) is 19.2 Å². The van der Waals surface area contributed by atoms with Gasteiger partial charge in [0, 0.05) is 57.0 Å². The maximum Gasteiger partial charge on any atom is 0.351 e. The average Bonchev–Trinajstić information content (AvgIpc) is 3.04. The number of aromatic nitrogens is 1. The van der Waals surface area contributed by atoms with Gasteiger partial charge in [-0.15, -0.1) is 0 Å². The zero-order chi connectivity index (χ0) is 33.4. The highest BCUT2D eigenvalue weighted by molar-refractivity contribution is 5.98. The van der Waals surface area contributed by atoms with Crippen LogP contribution >= 0.6 is 0 Å². The largest absolute Gasteiger partial charge is 0.351 e. The van der Waals surface area contributed by atoms with E-state index in [1.807, 2.05) is 7.05 Å². The normalized spacial score (nSPS) is 17.6. The molecule has 2 unspecified atom stereocenters. The number of likely N-dealkylation sites (N-methyl/N-ethyl adjacent to an activating group) is 1. The molecule has 1 aliphatic carbocycles. The van der Waals surface area contributed by atoms with Gasteiger partial charge in [0.15, 0.2) is 0 Å². The van der Waals surface area contributed by atoms with Crippen molar-refractivity contribution >= 4 is 29.3 Å². The van der Waals surface area contributed by atoms with Crippen molar-refractivity contribution in [3.8, 4) is 0 Å². The summed E-state index contributed by atoms with van der Waals surface area (Å²) in [5.74, 6) is -8.15. The van der Waals surface area contributed by atoms with E-state index >= 15 is 13.2 Å². The number of benzene rings is 1. The van der Waals surface area contributed by atoms with Gasteiger partial charge in [-0.2, -0.15) is 8.78 Å². The van der Waals surface area contributed by atoms with Gasteiger partial charge in [-0.3, -0.25) is 24.2 Å². The van der Waals surface area contributed by atoms with Crippen molar-refractivity contribution in [2.75, 3.05) is 38.5 Å². The maximum atomic E-state index is 15.4. The molecule has 250 valence electrons. The number of hydrogen-bond acceptors (Lipinski definition) is 6. The first-order chi connectivity index (χ1) is 21.9. The molecule has 1 saturated carbocycles. The van der Waals surface area contributed by atoms with E-state index in [1.54, 1.807) is 18.7 Å². The van der Waals surface area contributed by atoms with Gasteiger partial charge in [-0.25, -0.2) is 4.39 Å². The molecule has 46 heavy (non-hydrogen) atoms. The van der Waals surface area contributed by atoms with Gasteiger partial charge in [-0.05, 0) is 62.1 Å². The Morgan fingerprint density at radius 2 is 1.70 bits per heavy atom. The lowest BCUT2D eigenvalue weighted by molar-refractivity contribution is -0.149. The van der Waals surface area contributed by atoms with Crippen molar-refractivity contribution in [1.29, 1.82) is 0 Å². The van der Waals surface area contributed by atoms with Crippen molar-refractivity contribution in [3.63, 3.8) is 0 Å². The SMILES string of the molecule is CCC(=O)NC(Cc1ccc(NC(=O)C(NC(=O)C(F)(F)c2cncc(C)c2)C2CCCCC2)c(F)c1)C(=O)N1CCN(C)CC1. The molecule has 13 heteroatoms. The molecule has 2 aromatic rings. The molecule has 0 bridgehead atoms. The average molecular weight is 645 g/mol. The van der Waals surface area contributed by atoms with Crippen molar-refractivity contribution in [2.45, 2.75) is 76.8 Å². The van der Waals surface area contributed by atoms with E-state index in [2.05, 4.69) is 25.8 Å². The molecule has 0 spiro atoms. The number of halogens is 3. The van der Waals surface area contributed by atoms with E-state index < -0.39 is 47.1 Å². The fourth-order valence-electron chi connectivity index (χ4n) is 5.93. The van der Waals surface area contributed by atoms with Gasteiger partial charge in [-0.1, -0.05) is 32.3 Å². The summed E-state index contributed by atoms with van der Waals surface area (Å²) in [6.07, 6.45) is 6.08. The van der Waals surface area contributed by atoms with Crippen LogP contribution in [0, 0.1) is 18.7 Å². The summed E-state index contributed by atoms with van der Waals surface area (Å²) < 4.78 is 45.7. The van der Waals surface area contributed by atoms with Crippen LogP contribution in [0.1, 0.15) is 62.1 Å². The lowest BCUT2D eigenvalue weighted by Gasteiger charge is -2.34. The molecule has 2 atom stereocenters. The third-order valence-corrected chi connectivity index (χ3v) is 8.71. The molecule has 3 N–H and O–H groups in total. The molecule has 2 heterocycles. The molecule has 1 aliphatic heterocycles. The Kier molecular flexibility index (Phi) is 11.8.